The molecule has 92 valence electrons. The fourth-order valence-electron chi connectivity index (χ4n) is 1.66. The number of rotatable bonds is 4. The summed E-state index contributed by atoms with van der Waals surface area (Å²) < 4.78 is 23.3. The molecule has 3 nitrogen and oxygen atoms in total. The molecule has 0 radical (unpaired) electrons. The molecule has 0 spiro atoms. The fraction of sp³-hybridized carbons (Fsp3) is 0.417. The number of hydrogen-bond donors (Lipinski definition) is 0. The molecule has 0 aromatic heterocycles. The summed E-state index contributed by atoms with van der Waals surface area (Å²) in [5.74, 6) is -0.495. The summed E-state index contributed by atoms with van der Waals surface area (Å²) >= 11 is 5.63. The molecule has 0 amide bonds. The van der Waals surface area contributed by atoms with E-state index in [0.29, 0.717) is 18.8 Å². The second kappa shape index (κ2) is 5.58. The van der Waals surface area contributed by atoms with Gasteiger partial charge >= 0.3 is 0 Å². The Balaban J connectivity index is 1.90. The third kappa shape index (κ3) is 3.49. The zero-order valence-electron chi connectivity index (χ0n) is 9.12. The molecule has 1 aliphatic rings. The Morgan fingerprint density at radius 2 is 2.12 bits per heavy atom. The predicted octanol–water partition coefficient (Wildman–Crippen LogP) is 2.35. The van der Waals surface area contributed by atoms with Crippen molar-refractivity contribution < 1.29 is 18.7 Å². The van der Waals surface area contributed by atoms with Crippen molar-refractivity contribution in [2.45, 2.75) is 19.1 Å². The first kappa shape index (κ1) is 12.5. The van der Waals surface area contributed by atoms with Crippen LogP contribution in [0.1, 0.15) is 12.0 Å². The molecule has 0 aliphatic carbocycles. The van der Waals surface area contributed by atoms with Crippen molar-refractivity contribution in [1.29, 1.82) is 0 Å². The molecule has 17 heavy (non-hydrogen) atoms. The smallest absolute Gasteiger partial charge is 0.164 e. The predicted molar refractivity (Wildman–Crippen MR) is 60.4 cm³/mol. The van der Waals surface area contributed by atoms with Gasteiger partial charge in [0.1, 0.15) is 11.6 Å². The molecule has 5 heteroatoms. The highest BCUT2D eigenvalue weighted by Crippen LogP contribution is 2.17. The van der Waals surface area contributed by atoms with Crippen molar-refractivity contribution >= 4 is 17.4 Å². The number of ether oxygens (including phenoxy) is 2. The molecule has 1 fully saturated rings. The van der Waals surface area contributed by atoms with Crippen molar-refractivity contribution in [3.63, 3.8) is 0 Å². The second-order valence-electron chi connectivity index (χ2n) is 3.84. The van der Waals surface area contributed by atoms with Crippen LogP contribution in [0.25, 0.3) is 0 Å². The molecule has 0 N–H and O–H groups in total. The van der Waals surface area contributed by atoms with Gasteiger partial charge < -0.3 is 9.47 Å². The number of hydrogen-bond acceptors (Lipinski definition) is 3. The molecule has 1 aliphatic heterocycles. The molecular formula is C12H12ClFO3. The van der Waals surface area contributed by atoms with E-state index < -0.39 is 12.1 Å². The second-order valence-corrected chi connectivity index (χ2v) is 4.25. The van der Waals surface area contributed by atoms with E-state index in [2.05, 4.69) is 0 Å². The third-order valence-electron chi connectivity index (χ3n) is 2.47. The lowest BCUT2D eigenvalue weighted by molar-refractivity contribution is -0.126. The molecule has 2 rings (SSSR count). The van der Waals surface area contributed by atoms with Gasteiger partial charge in [-0.15, -0.1) is 0 Å². The van der Waals surface area contributed by atoms with Crippen LogP contribution in [0.3, 0.4) is 0 Å². The summed E-state index contributed by atoms with van der Waals surface area (Å²) in [7, 11) is 0. The minimum Gasteiger partial charge on any atom is -0.350 e. The van der Waals surface area contributed by atoms with Gasteiger partial charge in [0.05, 0.1) is 24.7 Å². The van der Waals surface area contributed by atoms with Crippen LogP contribution < -0.4 is 0 Å². The molecule has 1 aromatic carbocycles. The SMILES string of the molecule is O=C(Cc1ccc(F)c(Cl)c1)CC1OCCO1. The number of carbonyl (C=O) groups excluding carboxylic acids is 1. The van der Waals surface area contributed by atoms with Crippen molar-refractivity contribution in [3.05, 3.63) is 34.6 Å². The molecule has 0 atom stereocenters. The lowest BCUT2D eigenvalue weighted by Gasteiger charge is -2.08. The number of benzene rings is 1. The van der Waals surface area contributed by atoms with Gasteiger partial charge in [-0.1, -0.05) is 17.7 Å². The first-order valence-corrected chi connectivity index (χ1v) is 5.72. The van der Waals surface area contributed by atoms with Crippen LogP contribution in [0, 0.1) is 5.82 Å². The molecule has 0 saturated carbocycles. The van der Waals surface area contributed by atoms with Crippen LogP contribution in [0.2, 0.25) is 5.02 Å². The average molecular weight is 259 g/mol. The topological polar surface area (TPSA) is 35.5 Å². The Morgan fingerprint density at radius 1 is 1.41 bits per heavy atom. The normalized spacial score (nSPS) is 16.4. The Hall–Kier alpha value is -0.970. The number of halogens is 2. The van der Waals surface area contributed by atoms with Gasteiger partial charge in [-0.25, -0.2) is 4.39 Å². The highest BCUT2D eigenvalue weighted by molar-refractivity contribution is 6.30. The van der Waals surface area contributed by atoms with Gasteiger partial charge in [-0.2, -0.15) is 0 Å². The Kier molecular flexibility index (Phi) is 4.10. The number of Topliss-reactive ketones (excluding diaryl/α,β-unsaturated/α-hetero) is 1. The molecule has 0 bridgehead atoms. The van der Waals surface area contributed by atoms with E-state index in [1.165, 1.54) is 12.1 Å². The van der Waals surface area contributed by atoms with Crippen LogP contribution in [-0.2, 0) is 20.7 Å². The summed E-state index contributed by atoms with van der Waals surface area (Å²) in [5, 5.41) is 0.0312. The minimum atomic E-state index is -0.481. The van der Waals surface area contributed by atoms with E-state index in [-0.39, 0.29) is 23.6 Å². The van der Waals surface area contributed by atoms with E-state index in [9.17, 15) is 9.18 Å². The third-order valence-corrected chi connectivity index (χ3v) is 2.76. The van der Waals surface area contributed by atoms with Crippen LogP contribution in [0.4, 0.5) is 4.39 Å². The fourth-order valence-corrected chi connectivity index (χ4v) is 1.86. The highest BCUT2D eigenvalue weighted by Gasteiger charge is 2.19. The standard InChI is InChI=1S/C12H12ClFO3/c13-10-6-8(1-2-11(10)14)5-9(15)7-12-16-3-4-17-12/h1-2,6,12H,3-5,7H2. The van der Waals surface area contributed by atoms with E-state index in [1.54, 1.807) is 6.07 Å². The maximum atomic E-state index is 12.9. The lowest BCUT2D eigenvalue weighted by Crippen LogP contribution is -2.15. The zero-order valence-corrected chi connectivity index (χ0v) is 9.87. The number of carbonyl (C=O) groups is 1. The Morgan fingerprint density at radius 3 is 2.76 bits per heavy atom. The first-order valence-electron chi connectivity index (χ1n) is 5.34. The first-order chi connectivity index (χ1) is 8.15. The molecule has 1 aromatic rings. The van der Waals surface area contributed by atoms with E-state index in [1.807, 2.05) is 0 Å². The van der Waals surface area contributed by atoms with Crippen LogP contribution in [-0.4, -0.2) is 25.3 Å². The van der Waals surface area contributed by atoms with Crippen molar-refractivity contribution in [2.75, 3.05) is 13.2 Å². The van der Waals surface area contributed by atoms with Crippen LogP contribution in [0.5, 0.6) is 0 Å². The maximum Gasteiger partial charge on any atom is 0.164 e. The summed E-state index contributed by atoms with van der Waals surface area (Å²) in [5.41, 5.74) is 0.694. The largest absolute Gasteiger partial charge is 0.350 e. The van der Waals surface area contributed by atoms with E-state index in [0.717, 1.165) is 0 Å². The summed E-state index contributed by atoms with van der Waals surface area (Å²) in [6.07, 6.45) is -0.00323. The maximum absolute atomic E-state index is 12.9. The van der Waals surface area contributed by atoms with Crippen LogP contribution >= 0.6 is 11.6 Å². The minimum absolute atomic E-state index is 0.0143. The Bertz CT molecular complexity index is 416. The monoisotopic (exact) mass is 258 g/mol. The molecule has 1 heterocycles. The summed E-state index contributed by atoms with van der Waals surface area (Å²) in [4.78, 5) is 11.7. The van der Waals surface area contributed by atoms with Crippen molar-refractivity contribution in [1.82, 2.24) is 0 Å². The van der Waals surface area contributed by atoms with Gasteiger partial charge in [0.15, 0.2) is 6.29 Å². The highest BCUT2D eigenvalue weighted by atomic mass is 35.5. The molecule has 0 unspecified atom stereocenters. The van der Waals surface area contributed by atoms with E-state index in [4.69, 9.17) is 21.1 Å². The van der Waals surface area contributed by atoms with Crippen LogP contribution in [0.15, 0.2) is 18.2 Å². The quantitative estimate of drug-likeness (QED) is 0.832. The van der Waals surface area contributed by atoms with Crippen molar-refractivity contribution in [2.24, 2.45) is 0 Å². The molecular weight excluding hydrogens is 247 g/mol. The number of ketones is 1. The summed E-state index contributed by atoms with van der Waals surface area (Å²) in [6.45, 7) is 1.06. The van der Waals surface area contributed by atoms with Gasteiger partial charge in [-0.05, 0) is 17.7 Å². The molecule has 1 saturated heterocycles. The van der Waals surface area contributed by atoms with Gasteiger partial charge in [0.25, 0.3) is 0 Å². The van der Waals surface area contributed by atoms with Crippen molar-refractivity contribution in [3.8, 4) is 0 Å². The van der Waals surface area contributed by atoms with Gasteiger partial charge in [0, 0.05) is 6.42 Å². The van der Waals surface area contributed by atoms with E-state index >= 15 is 0 Å². The Labute approximate surface area is 103 Å². The summed E-state index contributed by atoms with van der Waals surface area (Å²) in [6, 6.07) is 4.27. The average Bonchev–Trinajstić information content (AvgIpc) is 2.76. The van der Waals surface area contributed by atoms with Gasteiger partial charge in [-0.3, -0.25) is 4.79 Å². The lowest BCUT2D eigenvalue weighted by atomic mass is 10.1. The zero-order chi connectivity index (χ0) is 12.3. The van der Waals surface area contributed by atoms with Gasteiger partial charge in [0.2, 0.25) is 0 Å².